The highest BCUT2D eigenvalue weighted by Gasteiger charge is 2.35. The van der Waals surface area contributed by atoms with Crippen molar-refractivity contribution in [1.82, 2.24) is 0 Å². The average Bonchev–Trinajstić information content (AvgIpc) is 2.57. The maximum absolute atomic E-state index is 14.0. The highest BCUT2D eigenvalue weighted by molar-refractivity contribution is 5.29. The first-order valence-corrected chi connectivity index (χ1v) is 8.67. The monoisotopic (exact) mass is 378 g/mol. The lowest BCUT2D eigenvalue weighted by atomic mass is 9.80. The number of hydrogen-bond acceptors (Lipinski definition) is 2. The Kier molecular flexibility index (Phi) is 7.43. The number of halogens is 5. The molecule has 0 aliphatic heterocycles. The summed E-state index contributed by atoms with van der Waals surface area (Å²) in [6.45, 7) is -1.71. The van der Waals surface area contributed by atoms with Gasteiger partial charge in [-0.1, -0.05) is 18.2 Å². The molecule has 1 aliphatic rings. The lowest BCUT2D eigenvalue weighted by Gasteiger charge is -2.29. The van der Waals surface area contributed by atoms with Gasteiger partial charge in [-0.25, -0.2) is 4.39 Å². The van der Waals surface area contributed by atoms with E-state index in [2.05, 4.69) is 15.5 Å². The van der Waals surface area contributed by atoms with Gasteiger partial charge >= 0.3 is 12.7 Å². The van der Waals surface area contributed by atoms with Gasteiger partial charge in [0.05, 0.1) is 6.61 Å². The molecule has 0 radical (unpaired) electrons. The molecule has 1 aromatic carbocycles. The molecule has 146 valence electrons. The quantitative estimate of drug-likeness (QED) is 0.390. The number of rotatable bonds is 8. The largest absolute Gasteiger partial charge is 0.432 e. The lowest BCUT2D eigenvalue weighted by molar-refractivity contribution is -0.256. The number of benzene rings is 1. The van der Waals surface area contributed by atoms with Crippen LogP contribution in [-0.2, 0) is 11.3 Å². The fourth-order valence-corrected chi connectivity index (χ4v) is 3.27. The third-order valence-electron chi connectivity index (χ3n) is 4.54. The zero-order valence-corrected chi connectivity index (χ0v) is 14.6. The summed E-state index contributed by atoms with van der Waals surface area (Å²) in [5, 5.41) is 0. The van der Waals surface area contributed by atoms with Crippen LogP contribution in [0.1, 0.15) is 44.6 Å². The van der Waals surface area contributed by atoms with E-state index < -0.39 is 30.9 Å². The highest BCUT2D eigenvalue weighted by Crippen LogP contribution is 2.37. The molecule has 0 heterocycles. The molecule has 0 unspecified atom stereocenters. The summed E-state index contributed by atoms with van der Waals surface area (Å²) in [6.07, 6.45) is 3.64. The molecule has 0 atom stereocenters. The number of alkyl halides is 4. The van der Waals surface area contributed by atoms with Crippen molar-refractivity contribution in [1.29, 1.82) is 0 Å². The minimum Gasteiger partial charge on any atom is -0.432 e. The highest BCUT2D eigenvalue weighted by atomic mass is 19.3. The summed E-state index contributed by atoms with van der Waals surface area (Å²) in [4.78, 5) is 0. The molecule has 7 heteroatoms. The van der Waals surface area contributed by atoms with Crippen molar-refractivity contribution in [2.45, 2.75) is 58.4 Å². The molecule has 0 spiro atoms. The van der Waals surface area contributed by atoms with Gasteiger partial charge < -0.3 is 9.47 Å². The van der Waals surface area contributed by atoms with E-state index in [1.54, 1.807) is 0 Å². The van der Waals surface area contributed by atoms with E-state index in [-0.39, 0.29) is 17.9 Å². The van der Waals surface area contributed by atoms with Gasteiger partial charge in [0, 0.05) is 6.42 Å². The van der Waals surface area contributed by atoms with Crippen LogP contribution in [0.5, 0.6) is 5.75 Å². The van der Waals surface area contributed by atoms with Gasteiger partial charge in [0.2, 0.25) is 0 Å². The summed E-state index contributed by atoms with van der Waals surface area (Å²) >= 11 is 0. The maximum atomic E-state index is 14.0. The Balaban J connectivity index is 1.83. The van der Waals surface area contributed by atoms with E-state index in [0.717, 1.165) is 37.8 Å². The van der Waals surface area contributed by atoms with Crippen LogP contribution in [-0.4, -0.2) is 12.7 Å². The van der Waals surface area contributed by atoms with Gasteiger partial charge in [0.1, 0.15) is 0 Å². The van der Waals surface area contributed by atoms with Crippen LogP contribution < -0.4 is 4.74 Å². The molecule has 2 rings (SSSR count). The smallest absolute Gasteiger partial charge is 0.387 e. The van der Waals surface area contributed by atoms with Crippen LogP contribution in [0.4, 0.5) is 22.0 Å². The van der Waals surface area contributed by atoms with Crippen LogP contribution in [0.3, 0.4) is 0 Å². The molecule has 0 amide bonds. The minimum absolute atomic E-state index is 0.106. The summed E-state index contributed by atoms with van der Waals surface area (Å²) < 4.78 is 74.5. The van der Waals surface area contributed by atoms with E-state index in [0.29, 0.717) is 5.92 Å². The average molecular weight is 378 g/mol. The second-order valence-electron chi connectivity index (χ2n) is 6.58. The van der Waals surface area contributed by atoms with E-state index in [1.807, 2.05) is 13.0 Å². The topological polar surface area (TPSA) is 18.5 Å². The Bertz CT molecular complexity index is 596. The Labute approximate surface area is 150 Å². The van der Waals surface area contributed by atoms with Crippen LogP contribution in [0, 0.1) is 17.7 Å². The predicted molar refractivity (Wildman–Crippen MR) is 87.6 cm³/mol. The summed E-state index contributed by atoms with van der Waals surface area (Å²) in [6, 6.07) is 3.05. The third-order valence-corrected chi connectivity index (χ3v) is 4.54. The SMILES string of the molecule is CC=CC1CCC(CC(F)(F)OCc2ccc(OC(F)F)c(F)c2)CC1. The molecular weight excluding hydrogens is 355 g/mol. The minimum atomic E-state index is -3.31. The van der Waals surface area contributed by atoms with Crippen molar-refractivity contribution in [2.24, 2.45) is 11.8 Å². The van der Waals surface area contributed by atoms with Gasteiger partial charge in [-0.3, -0.25) is 0 Å². The Hall–Kier alpha value is -1.63. The van der Waals surface area contributed by atoms with E-state index >= 15 is 0 Å². The van der Waals surface area contributed by atoms with Crippen molar-refractivity contribution in [3.05, 3.63) is 41.7 Å². The molecule has 0 bridgehead atoms. The fraction of sp³-hybridized carbons (Fsp3) is 0.579. The molecule has 0 saturated heterocycles. The van der Waals surface area contributed by atoms with Crippen LogP contribution in [0.2, 0.25) is 0 Å². The second-order valence-corrected chi connectivity index (χ2v) is 6.58. The molecule has 26 heavy (non-hydrogen) atoms. The zero-order valence-electron chi connectivity index (χ0n) is 14.6. The van der Waals surface area contributed by atoms with Crippen LogP contribution >= 0.6 is 0 Å². The summed E-state index contributed by atoms with van der Waals surface area (Å²) in [5.74, 6) is -1.32. The van der Waals surface area contributed by atoms with Gasteiger partial charge in [-0.05, 0) is 62.1 Å². The normalized spacial score (nSPS) is 21.5. The van der Waals surface area contributed by atoms with Gasteiger partial charge in [-0.2, -0.15) is 17.6 Å². The van der Waals surface area contributed by atoms with Crippen LogP contribution in [0.25, 0.3) is 0 Å². The molecule has 1 aromatic rings. The molecule has 0 N–H and O–H groups in total. The Morgan fingerprint density at radius 1 is 1.19 bits per heavy atom. The van der Waals surface area contributed by atoms with Gasteiger partial charge in [0.15, 0.2) is 11.6 Å². The molecule has 1 saturated carbocycles. The van der Waals surface area contributed by atoms with Crippen molar-refractivity contribution in [3.8, 4) is 5.75 Å². The van der Waals surface area contributed by atoms with Crippen molar-refractivity contribution in [2.75, 3.05) is 0 Å². The standard InChI is InChI=1S/C19H23F5O2/c1-2-3-13-4-6-14(7-5-13)11-19(23,24)25-12-15-8-9-17(16(20)10-15)26-18(21)22/h2-3,8-10,13-14,18H,4-7,11-12H2,1H3. The zero-order chi connectivity index (χ0) is 19.2. The van der Waals surface area contributed by atoms with E-state index in [4.69, 9.17) is 0 Å². The van der Waals surface area contributed by atoms with Crippen LogP contribution in [0.15, 0.2) is 30.4 Å². The van der Waals surface area contributed by atoms with E-state index in [1.165, 1.54) is 6.07 Å². The molecule has 2 nitrogen and oxygen atoms in total. The molecule has 0 aromatic heterocycles. The number of hydrogen-bond donors (Lipinski definition) is 0. The molecular formula is C19H23F5O2. The van der Waals surface area contributed by atoms with Gasteiger partial charge in [-0.15, -0.1) is 0 Å². The van der Waals surface area contributed by atoms with Gasteiger partial charge in [0.25, 0.3) is 0 Å². The van der Waals surface area contributed by atoms with E-state index in [9.17, 15) is 22.0 Å². The Morgan fingerprint density at radius 2 is 1.88 bits per heavy atom. The lowest BCUT2D eigenvalue weighted by Crippen LogP contribution is -2.27. The maximum Gasteiger partial charge on any atom is 0.387 e. The predicted octanol–water partition coefficient (Wildman–Crippen LogP) is 6.31. The first kappa shape index (κ1) is 20.7. The van der Waals surface area contributed by atoms with Crippen molar-refractivity contribution >= 4 is 0 Å². The number of allylic oxidation sites excluding steroid dienone is 2. The molecule has 1 aliphatic carbocycles. The number of ether oxygens (including phenoxy) is 2. The first-order chi connectivity index (χ1) is 12.3. The van der Waals surface area contributed by atoms with Crippen molar-refractivity contribution in [3.63, 3.8) is 0 Å². The first-order valence-electron chi connectivity index (χ1n) is 8.67. The van der Waals surface area contributed by atoms with Crippen molar-refractivity contribution < 1.29 is 31.4 Å². The third kappa shape index (κ3) is 6.59. The summed E-state index contributed by atoms with van der Waals surface area (Å²) in [5.41, 5.74) is 0.126. The second kappa shape index (κ2) is 9.35. The molecule has 1 fully saturated rings. The Morgan fingerprint density at radius 3 is 2.46 bits per heavy atom. The summed E-state index contributed by atoms with van der Waals surface area (Å²) in [7, 11) is 0. The fourth-order valence-electron chi connectivity index (χ4n) is 3.27.